The van der Waals surface area contributed by atoms with Crippen LogP contribution >= 0.6 is 0 Å². The average molecular weight is 425 g/mol. The molecule has 2 aromatic rings. The van der Waals surface area contributed by atoms with Crippen LogP contribution in [0.5, 0.6) is 0 Å². The molecule has 164 valence electrons. The highest BCUT2D eigenvalue weighted by atomic mass is 19.4. The van der Waals surface area contributed by atoms with E-state index in [1.54, 1.807) is 17.0 Å². The molecule has 1 fully saturated rings. The fourth-order valence-corrected chi connectivity index (χ4v) is 4.14. The van der Waals surface area contributed by atoms with Crippen molar-refractivity contribution >= 4 is 11.7 Å². The van der Waals surface area contributed by atoms with Gasteiger partial charge in [0.1, 0.15) is 5.82 Å². The van der Waals surface area contributed by atoms with Crippen LogP contribution in [0.25, 0.3) is 0 Å². The van der Waals surface area contributed by atoms with Gasteiger partial charge in [0.05, 0.1) is 11.4 Å². The van der Waals surface area contributed by atoms with Crippen molar-refractivity contribution in [3.63, 3.8) is 0 Å². The summed E-state index contributed by atoms with van der Waals surface area (Å²) < 4.78 is 47.0. The molecule has 7 nitrogen and oxygen atoms in total. The van der Waals surface area contributed by atoms with Gasteiger partial charge in [0.15, 0.2) is 6.04 Å². The lowest BCUT2D eigenvalue weighted by Gasteiger charge is -2.32. The molecule has 0 spiro atoms. The third kappa shape index (κ3) is 3.79. The molecule has 4 heterocycles. The summed E-state index contributed by atoms with van der Waals surface area (Å²) in [6, 6.07) is 1.48. The molecule has 1 saturated heterocycles. The highest BCUT2D eigenvalue weighted by Gasteiger charge is 2.46. The normalized spacial score (nSPS) is 24.2. The molecule has 1 amide bonds. The minimum atomic E-state index is -4.36. The van der Waals surface area contributed by atoms with Crippen LogP contribution in [0.1, 0.15) is 79.9 Å². The van der Waals surface area contributed by atoms with Gasteiger partial charge in [-0.3, -0.25) is 4.79 Å². The molecule has 10 heteroatoms. The zero-order chi connectivity index (χ0) is 21.6. The Hall–Kier alpha value is -2.52. The Kier molecular flexibility index (Phi) is 5.27. The van der Waals surface area contributed by atoms with Crippen molar-refractivity contribution in [1.82, 2.24) is 19.8 Å². The molecule has 30 heavy (non-hydrogen) atoms. The standard InChI is InChI=1S/C20H26F3N5O2/c1-4-13-7-17(20(21,22)23)28-18(24-13)9-15(25-28)12-5-6-27(10-12)19(29)16-8-14(11(2)3)26-30-16/h8-9,11-13,17,24H,4-7,10H2,1-3H3/t12?,13-,17-/m1/s1. The third-order valence-electron chi connectivity index (χ3n) is 6.00. The molecule has 0 radical (unpaired) electrons. The second kappa shape index (κ2) is 7.63. The van der Waals surface area contributed by atoms with Crippen molar-refractivity contribution in [3.8, 4) is 0 Å². The first kappa shape index (κ1) is 20.7. The Balaban J connectivity index is 1.51. The van der Waals surface area contributed by atoms with E-state index in [2.05, 4.69) is 15.6 Å². The molecule has 2 aromatic heterocycles. The predicted molar refractivity (Wildman–Crippen MR) is 103 cm³/mol. The predicted octanol–water partition coefficient (Wildman–Crippen LogP) is 4.32. The molecule has 1 N–H and O–H groups in total. The molecule has 4 rings (SSSR count). The van der Waals surface area contributed by atoms with Crippen LogP contribution in [-0.4, -0.2) is 51.1 Å². The number of carbonyl (C=O) groups excluding carboxylic acids is 1. The third-order valence-corrected chi connectivity index (χ3v) is 6.00. The van der Waals surface area contributed by atoms with E-state index in [1.165, 1.54) is 0 Å². The van der Waals surface area contributed by atoms with Crippen LogP contribution in [0.4, 0.5) is 19.0 Å². The van der Waals surface area contributed by atoms with Gasteiger partial charge >= 0.3 is 6.18 Å². The molecule has 2 aliphatic heterocycles. The Morgan fingerprint density at radius 3 is 2.77 bits per heavy atom. The van der Waals surface area contributed by atoms with Gasteiger partial charge in [-0.25, -0.2) is 4.68 Å². The van der Waals surface area contributed by atoms with Crippen molar-refractivity contribution in [2.75, 3.05) is 18.4 Å². The van der Waals surface area contributed by atoms with Gasteiger partial charge in [0.2, 0.25) is 5.76 Å². The second-order valence-corrected chi connectivity index (χ2v) is 8.45. The van der Waals surface area contributed by atoms with Crippen LogP contribution < -0.4 is 5.32 Å². The summed E-state index contributed by atoms with van der Waals surface area (Å²) in [5.74, 6) is 0.369. The number of anilines is 1. The van der Waals surface area contributed by atoms with Crippen molar-refractivity contribution < 1.29 is 22.5 Å². The van der Waals surface area contributed by atoms with Crippen LogP contribution in [-0.2, 0) is 0 Å². The number of alkyl halides is 3. The molecule has 0 saturated carbocycles. The number of carbonyl (C=O) groups is 1. The summed E-state index contributed by atoms with van der Waals surface area (Å²) in [4.78, 5) is 14.4. The smallest absolute Gasteiger partial charge is 0.367 e. The van der Waals surface area contributed by atoms with Gasteiger partial charge in [-0.15, -0.1) is 0 Å². The first-order valence-corrected chi connectivity index (χ1v) is 10.4. The minimum Gasteiger partial charge on any atom is -0.367 e. The highest BCUT2D eigenvalue weighted by molar-refractivity contribution is 5.91. The summed E-state index contributed by atoms with van der Waals surface area (Å²) in [6.07, 6.45) is -3.14. The highest BCUT2D eigenvalue weighted by Crippen LogP contribution is 2.41. The van der Waals surface area contributed by atoms with E-state index in [-0.39, 0.29) is 36.0 Å². The molecule has 1 unspecified atom stereocenters. The maximum Gasteiger partial charge on any atom is 0.410 e. The Morgan fingerprint density at radius 2 is 2.13 bits per heavy atom. The first-order chi connectivity index (χ1) is 14.2. The maximum absolute atomic E-state index is 13.6. The lowest BCUT2D eigenvalue weighted by molar-refractivity contribution is -0.173. The number of rotatable bonds is 4. The van der Waals surface area contributed by atoms with Crippen LogP contribution in [0.2, 0.25) is 0 Å². The second-order valence-electron chi connectivity index (χ2n) is 8.45. The van der Waals surface area contributed by atoms with Gasteiger partial charge in [-0.1, -0.05) is 25.9 Å². The quantitative estimate of drug-likeness (QED) is 0.790. The van der Waals surface area contributed by atoms with Crippen LogP contribution in [0.15, 0.2) is 16.7 Å². The Bertz CT molecular complexity index is 920. The van der Waals surface area contributed by atoms with Crippen LogP contribution in [0.3, 0.4) is 0 Å². The number of hydrogen-bond acceptors (Lipinski definition) is 5. The molecule has 2 aliphatic rings. The van der Waals surface area contributed by atoms with Crippen molar-refractivity contribution in [3.05, 3.63) is 29.3 Å². The molecule has 0 bridgehead atoms. The van der Waals surface area contributed by atoms with Gasteiger partial charge in [0.25, 0.3) is 5.91 Å². The largest absolute Gasteiger partial charge is 0.410 e. The fraction of sp³-hybridized carbons (Fsp3) is 0.650. The van der Waals surface area contributed by atoms with Crippen molar-refractivity contribution in [2.45, 2.75) is 70.1 Å². The zero-order valence-corrected chi connectivity index (χ0v) is 17.2. The maximum atomic E-state index is 13.6. The van der Waals surface area contributed by atoms with Crippen molar-refractivity contribution in [2.24, 2.45) is 0 Å². The van der Waals surface area contributed by atoms with Gasteiger partial charge < -0.3 is 14.7 Å². The van der Waals surface area contributed by atoms with E-state index in [0.717, 1.165) is 4.68 Å². The average Bonchev–Trinajstić information content (AvgIpc) is 3.44. The summed E-state index contributed by atoms with van der Waals surface area (Å²) >= 11 is 0. The van der Waals surface area contributed by atoms with Gasteiger partial charge in [-0.2, -0.15) is 18.3 Å². The van der Waals surface area contributed by atoms with E-state index >= 15 is 0 Å². The topological polar surface area (TPSA) is 76.2 Å². The lowest BCUT2D eigenvalue weighted by atomic mass is 10.0. The molecule has 3 atom stereocenters. The molecule has 0 aromatic carbocycles. The van der Waals surface area contributed by atoms with E-state index in [0.29, 0.717) is 43.1 Å². The van der Waals surface area contributed by atoms with Crippen molar-refractivity contribution in [1.29, 1.82) is 0 Å². The summed E-state index contributed by atoms with van der Waals surface area (Å²) in [5, 5.41) is 11.4. The Labute approximate surface area is 172 Å². The lowest BCUT2D eigenvalue weighted by Crippen LogP contribution is -2.38. The number of fused-ring (bicyclic) bond motifs is 1. The summed E-state index contributed by atoms with van der Waals surface area (Å²) in [5.41, 5.74) is 1.30. The zero-order valence-electron chi connectivity index (χ0n) is 17.2. The number of amides is 1. The van der Waals surface area contributed by atoms with Gasteiger partial charge in [-0.05, 0) is 25.2 Å². The monoisotopic (exact) mass is 425 g/mol. The number of aromatic nitrogens is 3. The van der Waals surface area contributed by atoms with E-state index in [1.807, 2.05) is 20.8 Å². The van der Waals surface area contributed by atoms with E-state index in [4.69, 9.17) is 4.52 Å². The summed E-state index contributed by atoms with van der Waals surface area (Å²) in [6.45, 7) is 6.68. The van der Waals surface area contributed by atoms with Crippen LogP contribution in [0, 0.1) is 0 Å². The fourth-order valence-electron chi connectivity index (χ4n) is 4.14. The Morgan fingerprint density at radius 1 is 1.37 bits per heavy atom. The SMILES string of the molecule is CC[C@@H]1C[C@H](C(F)(F)F)n2nc(C3CCN(C(=O)c4cc(C(C)C)no4)C3)cc2N1. The first-order valence-electron chi connectivity index (χ1n) is 10.4. The number of hydrogen-bond donors (Lipinski definition) is 1. The molecular formula is C20H26F3N5O2. The number of likely N-dealkylation sites (tertiary alicyclic amines) is 1. The minimum absolute atomic E-state index is 0.0346. The summed E-state index contributed by atoms with van der Waals surface area (Å²) in [7, 11) is 0. The number of nitrogens with one attached hydrogen (secondary N) is 1. The number of nitrogens with zero attached hydrogens (tertiary/aromatic N) is 4. The van der Waals surface area contributed by atoms with Gasteiger partial charge in [0, 0.05) is 37.2 Å². The molecular weight excluding hydrogens is 399 g/mol. The van der Waals surface area contributed by atoms with E-state index < -0.39 is 12.2 Å². The number of halogens is 3. The molecule has 0 aliphatic carbocycles. The van der Waals surface area contributed by atoms with E-state index in [9.17, 15) is 18.0 Å².